The Bertz CT molecular complexity index is 3270. The van der Waals surface area contributed by atoms with E-state index in [1.807, 2.05) is 19.9 Å². The van der Waals surface area contributed by atoms with Crippen molar-refractivity contribution < 1.29 is 149 Å². The zero-order valence-electron chi connectivity index (χ0n) is 76.9. The summed E-state index contributed by atoms with van der Waals surface area (Å²) in [4.78, 5) is 45.1. The van der Waals surface area contributed by atoms with E-state index in [9.17, 15) is 42.9 Å². The van der Waals surface area contributed by atoms with Gasteiger partial charge in [0.15, 0.2) is 73.3 Å². The predicted octanol–water partition coefficient (Wildman–Crippen LogP) is 11.5. The zero-order chi connectivity index (χ0) is 89.8. The van der Waals surface area contributed by atoms with Gasteiger partial charge >= 0.3 is 61.5 Å². The second-order valence-corrected chi connectivity index (χ2v) is 69.8. The van der Waals surface area contributed by atoms with Crippen molar-refractivity contribution >= 4 is 130 Å². The number of carbonyl (C=O) groups is 4. The van der Waals surface area contributed by atoms with E-state index in [0.717, 1.165) is 6.26 Å². The Kier molecular flexibility index (Phi) is 62.8. The van der Waals surface area contributed by atoms with Crippen molar-refractivity contribution in [2.75, 3.05) is 44.6 Å². The Hall–Kier alpha value is -1.61. The minimum atomic E-state index is -3.60. The third-order valence-corrected chi connectivity index (χ3v) is 49.2. The number of thiol groups is 1. The summed E-state index contributed by atoms with van der Waals surface area (Å²) in [5.74, 6) is -0.402. The average molecular weight is 1930 g/mol. The van der Waals surface area contributed by atoms with E-state index in [0.29, 0.717) is 28.5 Å². The molecule has 1 unspecified atom stereocenters. The Morgan fingerprint density at radius 3 is 1.22 bits per heavy atom. The molecule has 0 spiro atoms. The summed E-state index contributed by atoms with van der Waals surface area (Å²) < 4.78 is 90.2. The Morgan fingerprint density at radius 2 is 0.888 bits per heavy atom. The van der Waals surface area contributed by atoms with E-state index >= 15 is 0 Å². The van der Waals surface area contributed by atoms with Crippen LogP contribution in [0.1, 0.15) is 182 Å². The number of furan rings is 2. The molecule has 673 valence electrons. The topological polar surface area (TPSA) is 366 Å². The van der Waals surface area contributed by atoms with Crippen LogP contribution < -0.4 is 35.8 Å². The summed E-state index contributed by atoms with van der Waals surface area (Å²) in [5, 5.41) is 47.5. The van der Waals surface area contributed by atoms with Crippen LogP contribution in [0.3, 0.4) is 0 Å². The third-order valence-electron chi connectivity index (χ3n) is 20.2. The maximum atomic E-state index is 11.5. The molecule has 10 atom stereocenters. The first-order valence-electron chi connectivity index (χ1n) is 38.3. The van der Waals surface area contributed by atoms with E-state index in [2.05, 4.69) is 258 Å². The molecule has 25 nitrogen and oxygen atoms in total. The molecule has 38 heteroatoms. The number of aliphatic hydroxyl groups is 5. The fourth-order valence-electron chi connectivity index (χ4n) is 6.83. The maximum Gasteiger partial charge on any atom is 1.00 e. The number of ether oxygens (including phenoxy) is 4. The van der Waals surface area contributed by atoms with E-state index in [1.165, 1.54) is 49.1 Å². The van der Waals surface area contributed by atoms with Crippen molar-refractivity contribution in [1.82, 2.24) is 0 Å². The van der Waals surface area contributed by atoms with Gasteiger partial charge in [-0.05, 0) is 150 Å². The quantitative estimate of drug-likeness (QED) is 0.0136. The van der Waals surface area contributed by atoms with Crippen molar-refractivity contribution in [2.45, 2.75) is 329 Å². The van der Waals surface area contributed by atoms with Gasteiger partial charge in [-0.1, -0.05) is 188 Å². The number of halogens is 3. The number of cyclic esters (lactones) is 3. The number of carbonyl (C=O) groups excluding carboxylic acids is 4. The van der Waals surface area contributed by atoms with Crippen LogP contribution in [0.25, 0.3) is 0 Å². The SMILES string of the molecule is CC.CC(C)(C)[Si](C)(C)Cl.CC(C)(C)[Si](C)(C)OC[C@H](O)c1ccco1.CC(C)(C)[Si](C)(C)OC[C@H]1OC(=O)C=C[C@H]1O.CC(C)(C)[Si](C)(C)OC[C@H]1OC(O)C=CC1=O.CC(C)(C)[Si](C)(C)O[C@@H]1C=CC(=O)O[C@@H]1CBr.CC(C)(C)[Si](C)(C)O[C@@H]1C=CC(=O)O[C@@H]1COS(C)(=O)=O.CCC.O.OC[C@H](O)c1ccco1.[B]=NS.[Br-].[Li+]. The fraction of sp³-hybridized carbons (Fsp3) is 0.744. The molecule has 7 N–H and O–H groups in total. The predicted molar refractivity (Wildman–Crippen MR) is 482 cm³/mol. The summed E-state index contributed by atoms with van der Waals surface area (Å²) in [6.07, 6.45) is 10.6. The summed E-state index contributed by atoms with van der Waals surface area (Å²) in [5.41, 5.74) is 0. The zero-order valence-corrected chi connectivity index (χ0v) is 88.5. The van der Waals surface area contributed by atoms with Crippen molar-refractivity contribution in [3.63, 3.8) is 0 Å². The number of nitrogens with zero attached hydrogens (tertiary/aromatic N) is 1. The standard InChI is InChI=1S/C13H24O6SSi.C12H21BrO3Si.2C12H22O4Si.C12H22O3Si.C6H15ClSi.C6H8O3.C3H8.C2H6.BHNS.BrH.Li.H2O/c1-13(2,3)21(5,6)19-10-7-8-12(14)18-11(10)9-17-20(4,15)16;1-12(2,3)17(4,5)16-9-6-7-11(14)15-10(9)8-13;2*1-12(2,3)17(4,5)15-8-10-9(13)6-7-11(14)16-10;1-12(2,3)16(4,5)15-9-10(13)11-7-6-8-14-11;1-6(2,3)8(4,5)7;7-4-5(8)6-2-1-3-9-6;1-3-2;1-2;1-2-3;;;/h7-8,10-11H,9H2,1-6H3;6-7,9-10H,8H2,1-5H3;6-7,10-11,14H,8H2,1-5H3;6-7,9-10,13H,8H2,1-5H3;6-8,10,13H,9H2,1-5H3;1-5H3;1-3,5,7-8H,4H2;3H2,1-2H3;1-2H3;3H;1H;;1H2/q;;;;;;;;;;;+1;/p-1/t10-,11-;9-,10-;10-,11?;9-,10-;10-;;5-;;;;;;/m11110.0....../s1. The van der Waals surface area contributed by atoms with Crippen molar-refractivity contribution in [3.8, 4) is 0 Å². The second-order valence-electron chi connectivity index (χ2n) is 36.1. The summed E-state index contributed by atoms with van der Waals surface area (Å²) >= 11 is 12.7. The number of alkyl halides is 1. The van der Waals surface area contributed by atoms with E-state index < -0.39 is 120 Å². The largest absolute Gasteiger partial charge is 1.00 e. The average Bonchev–Trinajstić information content (AvgIpc) is 0.975. The number of esters is 3. The molecule has 6 heterocycles. The van der Waals surface area contributed by atoms with E-state index in [1.54, 1.807) is 36.6 Å². The Labute approximate surface area is 747 Å². The number of hydrogen-bond donors (Lipinski definition) is 6. The molecule has 0 amide bonds. The molecule has 6 rings (SSSR count). The van der Waals surface area contributed by atoms with Crippen LogP contribution in [0.2, 0.25) is 109 Å². The van der Waals surface area contributed by atoms with Crippen LogP contribution in [0.15, 0.2) is 98.5 Å². The molecule has 0 aromatic carbocycles. The maximum absolute atomic E-state index is 11.5. The smallest absolute Gasteiger partial charge is 1.00 e. The van der Waals surface area contributed by atoms with Gasteiger partial charge in [0.25, 0.3) is 10.1 Å². The number of aliphatic hydroxyl groups excluding tert-OH is 5. The first-order valence-corrected chi connectivity index (χ1v) is 60.2. The molecule has 0 aliphatic carbocycles. The van der Waals surface area contributed by atoms with Crippen LogP contribution in [0.4, 0.5) is 0 Å². The van der Waals surface area contributed by atoms with Gasteiger partial charge in [-0.3, -0.25) is 8.98 Å². The molecular weight excluding hydrogens is 1780 g/mol. The van der Waals surface area contributed by atoms with Gasteiger partial charge < -0.3 is 97.9 Å². The van der Waals surface area contributed by atoms with E-state index in [-0.39, 0.29) is 117 Å². The van der Waals surface area contributed by atoms with Gasteiger partial charge in [-0.15, -0.1) is 0 Å². The van der Waals surface area contributed by atoms with Crippen LogP contribution in [-0.2, 0) is 74.6 Å². The van der Waals surface area contributed by atoms with Crippen molar-refractivity contribution in [1.29, 1.82) is 0 Å². The molecule has 4 aliphatic rings. The Morgan fingerprint density at radius 1 is 0.560 bits per heavy atom. The normalized spacial score (nSPS) is 20.2. The molecule has 2 aromatic heterocycles. The number of hydrogen-bond acceptors (Lipinski definition) is 25. The van der Waals surface area contributed by atoms with Gasteiger partial charge in [-0.25, -0.2) is 14.4 Å². The monoisotopic (exact) mass is 1930 g/mol. The van der Waals surface area contributed by atoms with Crippen molar-refractivity contribution in [3.05, 3.63) is 96.9 Å². The second kappa shape index (κ2) is 57.1. The number of rotatable bonds is 20. The van der Waals surface area contributed by atoms with E-state index in [4.69, 9.17) is 75.4 Å². The molecule has 0 saturated heterocycles. The van der Waals surface area contributed by atoms with Crippen LogP contribution >= 0.6 is 39.8 Å². The first-order chi connectivity index (χ1) is 50.9. The molecule has 0 fully saturated rings. The number of ketones is 1. The third kappa shape index (κ3) is 51.6. The molecule has 116 heavy (non-hydrogen) atoms. The molecule has 2 aromatic rings. The first kappa shape index (κ1) is 128. The van der Waals surface area contributed by atoms with Crippen LogP contribution in [0.5, 0.6) is 0 Å². The minimum Gasteiger partial charge on any atom is -1.00 e. The van der Waals surface area contributed by atoms with Crippen LogP contribution in [-0.4, -0.2) is 213 Å². The summed E-state index contributed by atoms with van der Waals surface area (Å²) in [6, 6.07) is 6.81. The van der Waals surface area contributed by atoms with Gasteiger partial charge in [0.1, 0.15) is 60.9 Å². The molecular formula is C78H151BBr2ClLiNO24S2Si6. The molecule has 0 saturated carbocycles. The molecule has 4 aliphatic heterocycles. The van der Waals surface area contributed by atoms with Gasteiger partial charge in [0, 0.05) is 23.6 Å². The molecule has 1 radical (unpaired) electrons. The molecule has 0 bridgehead atoms. The fourth-order valence-corrected chi connectivity index (χ4v) is 13.3. The van der Waals surface area contributed by atoms with Gasteiger partial charge in [0.05, 0.1) is 45.2 Å². The summed E-state index contributed by atoms with van der Waals surface area (Å²) in [6.45, 7) is 73.1. The van der Waals surface area contributed by atoms with Crippen molar-refractivity contribution in [2.24, 2.45) is 4.30 Å². The van der Waals surface area contributed by atoms with Crippen LogP contribution in [0, 0.1) is 0 Å². The minimum absolute atomic E-state index is 0. The van der Waals surface area contributed by atoms with Gasteiger partial charge in [-0.2, -0.15) is 19.5 Å². The van der Waals surface area contributed by atoms with Gasteiger partial charge in [0.2, 0.25) is 0 Å². The summed E-state index contributed by atoms with van der Waals surface area (Å²) in [7, 11) is -10.1. The Balaban J connectivity index is -0.000000237.